The van der Waals surface area contributed by atoms with Crippen LogP contribution in [0.25, 0.3) is 0 Å². The van der Waals surface area contributed by atoms with Gasteiger partial charge in [-0.2, -0.15) is 0 Å². The summed E-state index contributed by atoms with van der Waals surface area (Å²) in [4.78, 5) is 40.4. The number of imide groups is 1. The molecule has 120 valence electrons. The first-order valence-corrected chi connectivity index (χ1v) is 8.11. The Kier molecular flexibility index (Phi) is 3.32. The summed E-state index contributed by atoms with van der Waals surface area (Å²) in [6, 6.07) is 8.27. The molecule has 1 saturated carbocycles. The molecule has 2 heterocycles. The Bertz CT molecular complexity index is 656. The fourth-order valence-corrected chi connectivity index (χ4v) is 3.47. The summed E-state index contributed by atoms with van der Waals surface area (Å²) in [6.45, 7) is 0.788. The number of rotatable bonds is 3. The molecule has 1 aromatic rings. The Labute approximate surface area is 134 Å². The molecule has 2 aliphatic heterocycles. The van der Waals surface area contributed by atoms with Crippen LogP contribution in [0.2, 0.25) is 0 Å². The second-order valence-electron chi connectivity index (χ2n) is 6.51. The monoisotopic (exact) mass is 313 g/mol. The molecule has 4 rings (SSSR count). The van der Waals surface area contributed by atoms with E-state index in [-0.39, 0.29) is 36.3 Å². The van der Waals surface area contributed by atoms with E-state index in [0.29, 0.717) is 13.0 Å². The van der Waals surface area contributed by atoms with Crippen molar-refractivity contribution in [3.8, 4) is 0 Å². The number of carbonyl (C=O) groups is 3. The van der Waals surface area contributed by atoms with Crippen molar-refractivity contribution >= 4 is 17.8 Å². The number of hydrogen-bond donors (Lipinski definition) is 1. The molecule has 2 atom stereocenters. The van der Waals surface area contributed by atoms with Gasteiger partial charge in [0.05, 0.1) is 12.6 Å². The number of amides is 4. The first-order chi connectivity index (χ1) is 11.1. The lowest BCUT2D eigenvalue weighted by Crippen LogP contribution is -2.64. The Morgan fingerprint density at radius 2 is 1.87 bits per heavy atom. The summed E-state index contributed by atoms with van der Waals surface area (Å²) in [7, 11) is 0. The zero-order valence-electron chi connectivity index (χ0n) is 12.8. The van der Waals surface area contributed by atoms with E-state index in [9.17, 15) is 14.4 Å². The average Bonchev–Trinajstić information content (AvgIpc) is 3.32. The van der Waals surface area contributed by atoms with E-state index in [2.05, 4.69) is 5.32 Å². The number of urea groups is 1. The van der Waals surface area contributed by atoms with Crippen molar-refractivity contribution in [3.05, 3.63) is 35.9 Å². The van der Waals surface area contributed by atoms with Crippen molar-refractivity contribution in [2.75, 3.05) is 6.54 Å². The molecular formula is C17H19N3O3. The Morgan fingerprint density at radius 1 is 1.13 bits per heavy atom. The molecule has 2 saturated heterocycles. The highest BCUT2D eigenvalue weighted by Crippen LogP contribution is 2.35. The molecule has 3 aliphatic rings. The van der Waals surface area contributed by atoms with E-state index in [1.54, 1.807) is 4.90 Å². The molecular weight excluding hydrogens is 294 g/mol. The van der Waals surface area contributed by atoms with Gasteiger partial charge in [-0.15, -0.1) is 0 Å². The largest absolute Gasteiger partial charge is 0.332 e. The quantitative estimate of drug-likeness (QED) is 0.909. The maximum absolute atomic E-state index is 12.9. The van der Waals surface area contributed by atoms with Crippen molar-refractivity contribution < 1.29 is 14.4 Å². The van der Waals surface area contributed by atoms with Crippen LogP contribution in [0.3, 0.4) is 0 Å². The van der Waals surface area contributed by atoms with Crippen molar-refractivity contribution in [1.82, 2.24) is 15.1 Å². The minimum atomic E-state index is -0.537. The maximum atomic E-state index is 12.9. The van der Waals surface area contributed by atoms with Crippen molar-refractivity contribution in [2.24, 2.45) is 5.92 Å². The lowest BCUT2D eigenvalue weighted by atomic mass is 10.0. The number of nitrogens with one attached hydrogen (secondary N) is 1. The summed E-state index contributed by atoms with van der Waals surface area (Å²) < 4.78 is 0. The van der Waals surface area contributed by atoms with Crippen LogP contribution in [0, 0.1) is 5.92 Å². The van der Waals surface area contributed by atoms with Crippen LogP contribution in [0.15, 0.2) is 30.3 Å². The van der Waals surface area contributed by atoms with Gasteiger partial charge < -0.3 is 10.2 Å². The molecule has 6 nitrogen and oxygen atoms in total. The van der Waals surface area contributed by atoms with E-state index in [1.165, 1.54) is 4.90 Å². The summed E-state index contributed by atoms with van der Waals surface area (Å²) in [5.41, 5.74) is 0.896. The fourth-order valence-electron chi connectivity index (χ4n) is 3.47. The normalized spacial score (nSPS) is 27.0. The van der Waals surface area contributed by atoms with Gasteiger partial charge in [0.1, 0.15) is 6.04 Å². The van der Waals surface area contributed by atoms with E-state index in [4.69, 9.17) is 0 Å². The third-order valence-corrected chi connectivity index (χ3v) is 4.86. The molecule has 1 aromatic carbocycles. The first kappa shape index (κ1) is 14.2. The number of benzene rings is 1. The van der Waals surface area contributed by atoms with Gasteiger partial charge in [0.15, 0.2) is 0 Å². The van der Waals surface area contributed by atoms with Gasteiger partial charge in [0.2, 0.25) is 5.91 Å². The molecule has 6 heteroatoms. The summed E-state index contributed by atoms with van der Waals surface area (Å²) in [5.74, 6) is -0.0995. The number of nitrogens with zero attached hydrogens (tertiary/aromatic N) is 2. The lowest BCUT2D eigenvalue weighted by Gasteiger charge is -2.37. The molecule has 0 radical (unpaired) electrons. The number of carbonyl (C=O) groups excluding carboxylic acids is 3. The number of fused-ring (bicyclic) bond motifs is 1. The predicted molar refractivity (Wildman–Crippen MR) is 82.2 cm³/mol. The van der Waals surface area contributed by atoms with Crippen LogP contribution >= 0.6 is 0 Å². The smallest absolute Gasteiger partial charge is 0.324 e. The second kappa shape index (κ2) is 5.37. The molecule has 0 bridgehead atoms. The van der Waals surface area contributed by atoms with Crippen molar-refractivity contribution in [3.63, 3.8) is 0 Å². The lowest BCUT2D eigenvalue weighted by molar-refractivity contribution is -0.144. The summed E-state index contributed by atoms with van der Waals surface area (Å²) >= 11 is 0. The van der Waals surface area contributed by atoms with Gasteiger partial charge in [-0.1, -0.05) is 30.3 Å². The van der Waals surface area contributed by atoms with Crippen molar-refractivity contribution in [1.29, 1.82) is 0 Å². The highest BCUT2D eigenvalue weighted by atomic mass is 16.2. The SMILES string of the molecule is O=C1N[C@@H]2CCN(C(=O)C3CC3)[C@@H]2C(=O)N1Cc1ccccc1. The molecule has 0 unspecified atom stereocenters. The molecule has 1 N–H and O–H groups in total. The Hall–Kier alpha value is -2.37. The number of hydrogen-bond acceptors (Lipinski definition) is 3. The van der Waals surface area contributed by atoms with Crippen LogP contribution < -0.4 is 5.32 Å². The zero-order valence-corrected chi connectivity index (χ0v) is 12.8. The van der Waals surface area contributed by atoms with Gasteiger partial charge in [-0.25, -0.2) is 4.79 Å². The third kappa shape index (κ3) is 2.48. The van der Waals surface area contributed by atoms with E-state index in [1.807, 2.05) is 30.3 Å². The van der Waals surface area contributed by atoms with E-state index >= 15 is 0 Å². The highest BCUT2D eigenvalue weighted by Gasteiger charge is 2.51. The molecule has 4 amide bonds. The standard InChI is InChI=1S/C17H19N3O3/c21-15(12-6-7-12)19-9-8-13-14(19)16(22)20(17(23)18-13)10-11-4-2-1-3-5-11/h1-5,12-14H,6-10H2,(H,18,23)/t13-,14+/m1/s1. The minimum Gasteiger partial charge on any atom is -0.332 e. The van der Waals surface area contributed by atoms with Crippen LogP contribution in [0.4, 0.5) is 4.79 Å². The summed E-state index contributed by atoms with van der Waals surface area (Å²) in [5, 5.41) is 2.90. The molecule has 1 aliphatic carbocycles. The van der Waals surface area contributed by atoms with Gasteiger partial charge in [0.25, 0.3) is 5.91 Å². The average molecular weight is 313 g/mol. The molecule has 3 fully saturated rings. The zero-order chi connectivity index (χ0) is 16.0. The van der Waals surface area contributed by atoms with Crippen LogP contribution in [-0.2, 0) is 16.1 Å². The van der Waals surface area contributed by atoms with Gasteiger partial charge in [-0.05, 0) is 24.8 Å². The van der Waals surface area contributed by atoms with Gasteiger partial charge in [0, 0.05) is 12.5 Å². The fraction of sp³-hybridized carbons (Fsp3) is 0.471. The van der Waals surface area contributed by atoms with E-state index in [0.717, 1.165) is 18.4 Å². The van der Waals surface area contributed by atoms with Crippen LogP contribution in [0.1, 0.15) is 24.8 Å². The minimum absolute atomic E-state index is 0.0710. The second-order valence-corrected chi connectivity index (χ2v) is 6.51. The maximum Gasteiger partial charge on any atom is 0.324 e. The Morgan fingerprint density at radius 3 is 2.57 bits per heavy atom. The third-order valence-electron chi connectivity index (χ3n) is 4.86. The van der Waals surface area contributed by atoms with Crippen molar-refractivity contribution in [2.45, 2.75) is 37.9 Å². The van der Waals surface area contributed by atoms with Crippen LogP contribution in [-0.4, -0.2) is 46.3 Å². The topological polar surface area (TPSA) is 69.7 Å². The predicted octanol–water partition coefficient (Wildman–Crippen LogP) is 1.12. The first-order valence-electron chi connectivity index (χ1n) is 8.11. The van der Waals surface area contributed by atoms with Gasteiger partial charge in [-0.3, -0.25) is 14.5 Å². The van der Waals surface area contributed by atoms with Gasteiger partial charge >= 0.3 is 6.03 Å². The van der Waals surface area contributed by atoms with Crippen LogP contribution in [0.5, 0.6) is 0 Å². The molecule has 23 heavy (non-hydrogen) atoms. The van der Waals surface area contributed by atoms with E-state index < -0.39 is 6.04 Å². The Balaban J connectivity index is 1.56. The molecule has 0 aromatic heterocycles. The molecule has 0 spiro atoms. The summed E-state index contributed by atoms with van der Waals surface area (Å²) in [6.07, 6.45) is 2.49. The number of likely N-dealkylation sites (tertiary alicyclic amines) is 1. The highest BCUT2D eigenvalue weighted by molar-refractivity contribution is 6.02.